The van der Waals surface area contributed by atoms with Crippen LogP contribution in [-0.4, -0.2) is 21.4 Å². The first-order chi connectivity index (χ1) is 7.66. The Kier molecular flexibility index (Phi) is 2.96. The Hall–Kier alpha value is -1.75. The molecule has 0 aliphatic heterocycles. The Morgan fingerprint density at radius 3 is 2.88 bits per heavy atom. The van der Waals surface area contributed by atoms with E-state index in [0.717, 1.165) is 0 Å². The first-order valence-electron chi connectivity index (χ1n) is 4.92. The van der Waals surface area contributed by atoms with Gasteiger partial charge in [-0.15, -0.1) is 0 Å². The van der Waals surface area contributed by atoms with Crippen LogP contribution in [0.3, 0.4) is 0 Å². The van der Waals surface area contributed by atoms with E-state index in [1.165, 1.54) is 6.07 Å². The highest BCUT2D eigenvalue weighted by Gasteiger charge is 2.13. The molecule has 1 unspecified atom stereocenters. The van der Waals surface area contributed by atoms with Gasteiger partial charge in [0.05, 0.1) is 18.1 Å². The lowest BCUT2D eigenvalue weighted by molar-refractivity contribution is 0.181. The zero-order valence-corrected chi connectivity index (χ0v) is 8.72. The topological polar surface area (TPSA) is 59.2 Å². The van der Waals surface area contributed by atoms with Crippen molar-refractivity contribution in [2.45, 2.75) is 19.4 Å². The van der Waals surface area contributed by atoms with Crippen molar-refractivity contribution in [1.29, 1.82) is 0 Å². The first-order valence-corrected chi connectivity index (χ1v) is 4.92. The van der Waals surface area contributed by atoms with E-state index in [4.69, 9.17) is 9.63 Å². The molecule has 2 aromatic rings. The second kappa shape index (κ2) is 4.40. The molecule has 0 bridgehead atoms. The molecule has 0 amide bonds. The van der Waals surface area contributed by atoms with Crippen LogP contribution in [0.25, 0.3) is 11.4 Å². The molecule has 1 aromatic carbocycles. The van der Waals surface area contributed by atoms with Crippen molar-refractivity contribution >= 4 is 0 Å². The molecule has 0 saturated heterocycles. The third kappa shape index (κ3) is 2.25. The van der Waals surface area contributed by atoms with Crippen LogP contribution >= 0.6 is 0 Å². The van der Waals surface area contributed by atoms with E-state index in [9.17, 15) is 4.39 Å². The number of nitrogens with zero attached hydrogens (tertiary/aromatic N) is 2. The molecule has 1 N–H and O–H groups in total. The Labute approximate surface area is 91.7 Å². The number of benzene rings is 1. The summed E-state index contributed by atoms with van der Waals surface area (Å²) in [6.45, 7) is 1.62. The van der Waals surface area contributed by atoms with Gasteiger partial charge in [-0.2, -0.15) is 4.98 Å². The molecule has 5 heteroatoms. The largest absolute Gasteiger partial charge is 0.393 e. The van der Waals surface area contributed by atoms with Gasteiger partial charge in [-0.1, -0.05) is 17.3 Å². The van der Waals surface area contributed by atoms with E-state index in [0.29, 0.717) is 11.5 Å². The van der Waals surface area contributed by atoms with E-state index in [2.05, 4.69) is 10.1 Å². The highest BCUT2D eigenvalue weighted by atomic mass is 19.1. The molecule has 1 aromatic heterocycles. The molecule has 1 atom stereocenters. The minimum atomic E-state index is -0.561. The normalized spacial score (nSPS) is 12.7. The summed E-state index contributed by atoms with van der Waals surface area (Å²) in [6, 6.07) is 6.20. The van der Waals surface area contributed by atoms with Crippen molar-refractivity contribution < 1.29 is 14.0 Å². The highest BCUT2D eigenvalue weighted by Crippen LogP contribution is 2.19. The zero-order chi connectivity index (χ0) is 11.5. The minimum absolute atomic E-state index is 0.203. The van der Waals surface area contributed by atoms with Gasteiger partial charge in [-0.25, -0.2) is 4.39 Å². The van der Waals surface area contributed by atoms with Crippen molar-refractivity contribution in [2.24, 2.45) is 0 Å². The van der Waals surface area contributed by atoms with Crippen molar-refractivity contribution in [3.63, 3.8) is 0 Å². The van der Waals surface area contributed by atoms with Gasteiger partial charge < -0.3 is 9.63 Å². The smallest absolute Gasteiger partial charge is 0.229 e. The summed E-state index contributed by atoms with van der Waals surface area (Å²) < 4.78 is 18.3. The summed E-state index contributed by atoms with van der Waals surface area (Å²) in [6.07, 6.45) is -0.296. The van der Waals surface area contributed by atoms with Crippen LogP contribution in [0.4, 0.5) is 4.39 Å². The summed E-state index contributed by atoms with van der Waals surface area (Å²) in [5.41, 5.74) is 0.295. The molecule has 0 aliphatic rings. The third-order valence-corrected chi connectivity index (χ3v) is 2.05. The molecular formula is C11H11FN2O2. The van der Waals surface area contributed by atoms with Crippen LogP contribution in [0.15, 0.2) is 28.8 Å². The summed E-state index contributed by atoms with van der Waals surface area (Å²) in [5.74, 6) is 0.105. The fourth-order valence-electron chi connectivity index (χ4n) is 1.34. The predicted molar refractivity (Wildman–Crippen MR) is 55.1 cm³/mol. The molecule has 2 rings (SSSR count). The van der Waals surface area contributed by atoms with Crippen LogP contribution in [0, 0.1) is 5.82 Å². The molecular weight excluding hydrogens is 211 g/mol. The maximum Gasteiger partial charge on any atom is 0.229 e. The fourth-order valence-corrected chi connectivity index (χ4v) is 1.34. The number of halogens is 1. The molecule has 0 saturated carbocycles. The molecule has 4 nitrogen and oxygen atoms in total. The summed E-state index contributed by atoms with van der Waals surface area (Å²) in [7, 11) is 0. The van der Waals surface area contributed by atoms with Crippen LogP contribution in [0.2, 0.25) is 0 Å². The second-order valence-electron chi connectivity index (χ2n) is 3.54. The van der Waals surface area contributed by atoms with Crippen molar-refractivity contribution in [3.05, 3.63) is 36.0 Å². The van der Waals surface area contributed by atoms with Gasteiger partial charge in [0.25, 0.3) is 0 Å². The van der Waals surface area contributed by atoms with Crippen molar-refractivity contribution in [3.8, 4) is 11.4 Å². The number of aliphatic hydroxyl groups excluding tert-OH is 1. The van der Waals surface area contributed by atoms with Crippen LogP contribution < -0.4 is 0 Å². The minimum Gasteiger partial charge on any atom is -0.393 e. The van der Waals surface area contributed by atoms with Gasteiger partial charge in [0, 0.05) is 0 Å². The van der Waals surface area contributed by atoms with E-state index < -0.39 is 11.9 Å². The quantitative estimate of drug-likeness (QED) is 0.860. The Morgan fingerprint density at radius 1 is 1.44 bits per heavy atom. The Bertz CT molecular complexity index is 482. The SMILES string of the molecule is CC(O)Cc1nc(-c2ccccc2F)no1. The standard InChI is InChI=1S/C11H11FN2O2/c1-7(15)6-10-13-11(14-16-10)8-4-2-3-5-9(8)12/h2-5,7,15H,6H2,1H3. The lowest BCUT2D eigenvalue weighted by atomic mass is 10.2. The van der Waals surface area contributed by atoms with E-state index in [1.54, 1.807) is 25.1 Å². The van der Waals surface area contributed by atoms with Crippen LogP contribution in [0.1, 0.15) is 12.8 Å². The third-order valence-electron chi connectivity index (χ3n) is 2.05. The first kappa shape index (κ1) is 10.8. The summed E-state index contributed by atoms with van der Waals surface area (Å²) in [5, 5.41) is 12.8. The molecule has 1 heterocycles. The molecule has 0 spiro atoms. The van der Waals surface area contributed by atoms with Gasteiger partial charge in [0.15, 0.2) is 0 Å². The lowest BCUT2D eigenvalue weighted by Crippen LogP contribution is -2.04. The maximum absolute atomic E-state index is 13.4. The summed E-state index contributed by atoms with van der Waals surface area (Å²) >= 11 is 0. The lowest BCUT2D eigenvalue weighted by Gasteiger charge is -1.96. The van der Waals surface area contributed by atoms with Gasteiger partial charge in [0.1, 0.15) is 5.82 Å². The number of aromatic nitrogens is 2. The number of hydrogen-bond donors (Lipinski definition) is 1. The molecule has 0 aliphatic carbocycles. The average molecular weight is 222 g/mol. The number of rotatable bonds is 3. The monoisotopic (exact) mass is 222 g/mol. The van der Waals surface area contributed by atoms with E-state index in [-0.39, 0.29) is 12.2 Å². The molecule has 0 radical (unpaired) electrons. The van der Waals surface area contributed by atoms with Crippen molar-refractivity contribution in [1.82, 2.24) is 10.1 Å². The van der Waals surface area contributed by atoms with E-state index >= 15 is 0 Å². The Balaban J connectivity index is 2.28. The van der Waals surface area contributed by atoms with Crippen LogP contribution in [0.5, 0.6) is 0 Å². The van der Waals surface area contributed by atoms with Gasteiger partial charge in [0.2, 0.25) is 11.7 Å². The predicted octanol–water partition coefficient (Wildman–Crippen LogP) is 1.80. The molecule has 84 valence electrons. The summed E-state index contributed by atoms with van der Waals surface area (Å²) in [4.78, 5) is 4.00. The van der Waals surface area contributed by atoms with Crippen LogP contribution in [-0.2, 0) is 6.42 Å². The highest BCUT2D eigenvalue weighted by molar-refractivity contribution is 5.54. The average Bonchev–Trinajstić information content (AvgIpc) is 2.66. The maximum atomic E-state index is 13.4. The van der Waals surface area contributed by atoms with Gasteiger partial charge >= 0.3 is 0 Å². The molecule has 0 fully saturated rings. The van der Waals surface area contributed by atoms with Gasteiger partial charge in [-0.05, 0) is 19.1 Å². The second-order valence-corrected chi connectivity index (χ2v) is 3.54. The van der Waals surface area contributed by atoms with Gasteiger partial charge in [-0.3, -0.25) is 0 Å². The fraction of sp³-hybridized carbons (Fsp3) is 0.273. The van der Waals surface area contributed by atoms with Crippen molar-refractivity contribution in [2.75, 3.05) is 0 Å². The number of aliphatic hydroxyl groups is 1. The zero-order valence-electron chi connectivity index (χ0n) is 8.72. The molecule has 16 heavy (non-hydrogen) atoms. The Morgan fingerprint density at radius 2 is 2.19 bits per heavy atom. The van der Waals surface area contributed by atoms with E-state index in [1.807, 2.05) is 0 Å². The number of hydrogen-bond acceptors (Lipinski definition) is 4.